The lowest BCUT2D eigenvalue weighted by Gasteiger charge is -2.09. The Morgan fingerprint density at radius 1 is 1.12 bits per heavy atom. The molecule has 0 aliphatic rings. The van der Waals surface area contributed by atoms with Crippen molar-refractivity contribution in [2.45, 2.75) is 43.9 Å². The van der Waals surface area contributed by atoms with E-state index in [1.165, 1.54) is 37.0 Å². The van der Waals surface area contributed by atoms with Gasteiger partial charge in [-0.25, -0.2) is 13.4 Å². The molecule has 0 bridgehead atoms. The lowest BCUT2D eigenvalue weighted by atomic mass is 10.1. The Morgan fingerprint density at radius 2 is 1.91 bits per heavy atom. The van der Waals surface area contributed by atoms with Crippen LogP contribution in [0.25, 0.3) is 17.3 Å². The number of nitrogens with zero attached hydrogens (tertiary/aromatic N) is 1. The van der Waals surface area contributed by atoms with Crippen LogP contribution in [0.3, 0.4) is 0 Å². The molecule has 6 nitrogen and oxygen atoms in total. The summed E-state index contributed by atoms with van der Waals surface area (Å²) in [6.07, 6.45) is 10.1. The van der Waals surface area contributed by atoms with Crippen molar-refractivity contribution in [3.05, 3.63) is 65.6 Å². The van der Waals surface area contributed by atoms with Crippen molar-refractivity contribution in [3.63, 3.8) is 0 Å². The lowest BCUT2D eigenvalue weighted by Crippen LogP contribution is -2.12. The quantitative estimate of drug-likeness (QED) is 0.104. The summed E-state index contributed by atoms with van der Waals surface area (Å²) < 4.78 is 28.1. The number of nitrogens with one attached hydrogen (secondary N) is 2. The molecular weight excluding hydrogens is 569 g/mol. The van der Waals surface area contributed by atoms with E-state index in [0.717, 1.165) is 17.5 Å². The minimum atomic E-state index is -3.73. The Morgan fingerprint density at radius 3 is 2.64 bits per heavy atom. The number of aromatic nitrogens is 1. The van der Waals surface area contributed by atoms with E-state index >= 15 is 0 Å². The van der Waals surface area contributed by atoms with Gasteiger partial charge in [0.25, 0.3) is 13.9 Å². The molecule has 0 atom stereocenters. The maximum atomic E-state index is 12.9. The SMILES string of the molecule is CCCCCC/C=C\c1ccc(S(=O)(=O)Nc2cccc(-c3csc(NC(=O)I)n3)c2)cc1. The van der Waals surface area contributed by atoms with Crippen molar-refractivity contribution in [1.82, 2.24) is 4.98 Å². The van der Waals surface area contributed by atoms with Crippen molar-refractivity contribution in [2.75, 3.05) is 10.0 Å². The number of amides is 1. The Bertz CT molecular complexity index is 1210. The first kappa shape index (κ1) is 25.4. The molecular formula is C24H26IN3O3S2. The minimum absolute atomic E-state index is 0.203. The van der Waals surface area contributed by atoms with Crippen LogP contribution in [0, 0.1) is 0 Å². The fourth-order valence-corrected chi connectivity index (χ4v) is 5.37. The number of anilines is 2. The largest absolute Gasteiger partial charge is 0.293 e. The van der Waals surface area contributed by atoms with Crippen LogP contribution in [0.1, 0.15) is 44.6 Å². The molecule has 1 amide bonds. The van der Waals surface area contributed by atoms with Crippen molar-refractivity contribution in [2.24, 2.45) is 0 Å². The average Bonchev–Trinajstić information content (AvgIpc) is 3.24. The lowest BCUT2D eigenvalue weighted by molar-refractivity contribution is 0.272. The summed E-state index contributed by atoms with van der Waals surface area (Å²) in [4.78, 5) is 15.8. The smallest absolute Gasteiger partial charge is 0.286 e. The first-order valence-electron chi connectivity index (χ1n) is 10.7. The van der Waals surface area contributed by atoms with Crippen LogP contribution < -0.4 is 10.0 Å². The van der Waals surface area contributed by atoms with Crippen LogP contribution in [-0.2, 0) is 10.0 Å². The monoisotopic (exact) mass is 595 g/mol. The van der Waals surface area contributed by atoms with E-state index in [2.05, 4.69) is 28.0 Å². The third-order valence-corrected chi connectivity index (χ3v) is 7.27. The van der Waals surface area contributed by atoms with Gasteiger partial charge in [-0.1, -0.05) is 62.6 Å². The molecule has 0 saturated carbocycles. The molecule has 2 N–H and O–H groups in total. The van der Waals surface area contributed by atoms with Crippen LogP contribution in [0.5, 0.6) is 0 Å². The molecule has 33 heavy (non-hydrogen) atoms. The fraction of sp³-hybridized carbons (Fsp3) is 0.250. The van der Waals surface area contributed by atoms with E-state index < -0.39 is 10.0 Å². The molecule has 0 spiro atoms. The zero-order valence-corrected chi connectivity index (χ0v) is 22.0. The number of hydrogen-bond acceptors (Lipinski definition) is 5. The fourth-order valence-electron chi connectivity index (χ4n) is 3.17. The predicted molar refractivity (Wildman–Crippen MR) is 146 cm³/mol. The number of rotatable bonds is 11. The van der Waals surface area contributed by atoms with Crippen LogP contribution >= 0.6 is 33.9 Å². The first-order valence-corrected chi connectivity index (χ1v) is 14.1. The summed E-state index contributed by atoms with van der Waals surface area (Å²) in [5.41, 5.74) is 2.83. The normalized spacial score (nSPS) is 11.6. The summed E-state index contributed by atoms with van der Waals surface area (Å²) in [7, 11) is -3.73. The number of sulfonamides is 1. The Hall–Kier alpha value is -2.24. The third-order valence-electron chi connectivity index (χ3n) is 4.84. The molecule has 0 aliphatic carbocycles. The molecule has 0 saturated heterocycles. The molecule has 0 aliphatic heterocycles. The van der Waals surface area contributed by atoms with Gasteiger partial charge in [0.1, 0.15) is 0 Å². The summed E-state index contributed by atoms with van der Waals surface area (Å²) in [5, 5.41) is 4.94. The molecule has 2 aromatic carbocycles. The predicted octanol–water partition coefficient (Wildman–Crippen LogP) is 7.56. The van der Waals surface area contributed by atoms with Gasteiger partial charge in [0.05, 0.1) is 10.6 Å². The number of carbonyl (C=O) groups is 1. The van der Waals surface area contributed by atoms with Gasteiger partial charge in [-0.2, -0.15) is 0 Å². The molecule has 174 valence electrons. The van der Waals surface area contributed by atoms with Crippen molar-refractivity contribution >= 4 is 64.8 Å². The van der Waals surface area contributed by atoms with Crippen molar-refractivity contribution in [1.29, 1.82) is 0 Å². The Balaban J connectivity index is 1.65. The molecule has 1 aromatic heterocycles. The van der Waals surface area contributed by atoms with E-state index in [9.17, 15) is 13.2 Å². The number of benzene rings is 2. The second-order valence-electron chi connectivity index (χ2n) is 7.44. The third kappa shape index (κ3) is 7.94. The van der Waals surface area contributed by atoms with Crippen LogP contribution in [-0.4, -0.2) is 17.3 Å². The Labute approximate surface area is 212 Å². The number of hydrogen-bond donors (Lipinski definition) is 2. The van der Waals surface area contributed by atoms with E-state index in [1.807, 2.05) is 29.7 Å². The van der Waals surface area contributed by atoms with E-state index in [-0.39, 0.29) is 8.81 Å². The zero-order valence-electron chi connectivity index (χ0n) is 18.3. The molecule has 1 heterocycles. The van der Waals surface area contributed by atoms with Gasteiger partial charge in [0.15, 0.2) is 5.13 Å². The molecule has 3 aromatic rings. The second-order valence-corrected chi connectivity index (χ2v) is 11.0. The van der Waals surface area contributed by atoms with Gasteiger partial charge in [-0.3, -0.25) is 14.8 Å². The van der Waals surface area contributed by atoms with Crippen molar-refractivity contribution < 1.29 is 13.2 Å². The minimum Gasteiger partial charge on any atom is -0.293 e. The van der Waals surface area contributed by atoms with Gasteiger partial charge in [-0.15, -0.1) is 11.3 Å². The summed E-state index contributed by atoms with van der Waals surface area (Å²) in [6, 6.07) is 13.9. The zero-order chi connectivity index (χ0) is 23.7. The molecule has 9 heteroatoms. The highest BCUT2D eigenvalue weighted by atomic mass is 127. The highest BCUT2D eigenvalue weighted by Gasteiger charge is 2.15. The molecule has 0 unspecified atom stereocenters. The molecule has 0 fully saturated rings. The topological polar surface area (TPSA) is 88.2 Å². The van der Waals surface area contributed by atoms with Crippen LogP contribution in [0.2, 0.25) is 0 Å². The average molecular weight is 596 g/mol. The molecule has 3 rings (SSSR count). The van der Waals surface area contributed by atoms with Gasteiger partial charge in [0.2, 0.25) is 0 Å². The number of thiazole rings is 1. The number of halogens is 1. The van der Waals surface area contributed by atoms with Crippen molar-refractivity contribution in [3.8, 4) is 11.3 Å². The van der Waals surface area contributed by atoms with E-state index in [1.54, 1.807) is 52.9 Å². The van der Waals surface area contributed by atoms with E-state index in [0.29, 0.717) is 16.5 Å². The van der Waals surface area contributed by atoms with Crippen LogP contribution in [0.15, 0.2) is 64.9 Å². The number of carbonyl (C=O) groups excluding carboxylic acids is 1. The van der Waals surface area contributed by atoms with Gasteiger partial charge in [0, 0.05) is 39.2 Å². The first-order chi connectivity index (χ1) is 15.9. The van der Waals surface area contributed by atoms with Gasteiger partial charge in [-0.05, 0) is 42.7 Å². The number of allylic oxidation sites excluding steroid dienone is 1. The van der Waals surface area contributed by atoms with Crippen LogP contribution in [0.4, 0.5) is 15.6 Å². The highest BCUT2D eigenvalue weighted by Crippen LogP contribution is 2.28. The highest BCUT2D eigenvalue weighted by molar-refractivity contribution is 14.1. The summed E-state index contributed by atoms with van der Waals surface area (Å²) >= 11 is 2.95. The number of unbranched alkanes of at least 4 members (excludes halogenated alkanes) is 4. The maximum absolute atomic E-state index is 12.9. The second kappa shape index (κ2) is 12.3. The van der Waals surface area contributed by atoms with E-state index in [4.69, 9.17) is 0 Å². The Kier molecular flexibility index (Phi) is 9.45. The van der Waals surface area contributed by atoms with Gasteiger partial charge >= 0.3 is 0 Å². The standard InChI is InChI=1S/C24H26IN3O3S2/c1-2-3-4-5-6-7-9-18-12-14-21(15-13-18)33(30,31)28-20-11-8-10-19(16-20)22-17-32-24(26-22)27-23(25)29/h7-17,28H,2-6H2,1H3,(H,26,27,29)/b9-7-. The summed E-state index contributed by atoms with van der Waals surface area (Å²) in [5.74, 6) is 0. The summed E-state index contributed by atoms with van der Waals surface area (Å²) in [6.45, 7) is 2.20. The molecule has 0 radical (unpaired) electrons. The van der Waals surface area contributed by atoms with Gasteiger partial charge < -0.3 is 0 Å². The maximum Gasteiger partial charge on any atom is 0.286 e.